The monoisotopic (exact) mass is 351 g/mol. The summed E-state index contributed by atoms with van der Waals surface area (Å²) in [6, 6.07) is 0. The van der Waals surface area contributed by atoms with Crippen LogP contribution in [0.1, 0.15) is 6.23 Å². The number of aliphatic hydroxyl groups excluding tert-OH is 1. The molecule has 2 fully saturated rings. The zero-order valence-corrected chi connectivity index (χ0v) is 14.9. The molecule has 4 heterocycles. The van der Waals surface area contributed by atoms with E-state index in [2.05, 4.69) is 15.0 Å². The van der Waals surface area contributed by atoms with E-state index in [1.165, 1.54) is 17.2 Å². The molecular formula is C10H11N5NaO6P-. The van der Waals surface area contributed by atoms with Crippen molar-refractivity contribution in [1.82, 2.24) is 19.5 Å². The number of aliphatic hydroxyl groups is 1. The first kappa shape index (κ1) is 17.2. The van der Waals surface area contributed by atoms with Crippen LogP contribution in [-0.4, -0.2) is 79.1 Å². The van der Waals surface area contributed by atoms with Gasteiger partial charge < -0.3 is 29.5 Å². The molecule has 1 radical (unpaired) electrons. The van der Waals surface area contributed by atoms with Crippen molar-refractivity contribution in [1.29, 1.82) is 0 Å². The van der Waals surface area contributed by atoms with Crippen LogP contribution in [0.4, 0.5) is 5.82 Å². The van der Waals surface area contributed by atoms with Gasteiger partial charge in [-0.3, -0.25) is 9.13 Å². The fourth-order valence-corrected chi connectivity index (χ4v) is 3.82. The van der Waals surface area contributed by atoms with Gasteiger partial charge in [-0.2, -0.15) is 0 Å². The summed E-state index contributed by atoms with van der Waals surface area (Å²) in [6.07, 6.45) is -0.906. The third-order valence-electron chi connectivity index (χ3n) is 3.63. The molecule has 3 N–H and O–H groups in total. The molecule has 2 saturated heterocycles. The number of nitrogens with zero attached hydrogens (tertiary/aromatic N) is 4. The van der Waals surface area contributed by atoms with Crippen LogP contribution in [0.25, 0.3) is 11.2 Å². The minimum absolute atomic E-state index is 0. The first-order valence-corrected chi connectivity index (χ1v) is 7.83. The fourth-order valence-electron chi connectivity index (χ4n) is 2.70. The minimum atomic E-state index is -4.41. The van der Waals surface area contributed by atoms with Crippen molar-refractivity contribution in [2.75, 3.05) is 12.3 Å². The van der Waals surface area contributed by atoms with Crippen molar-refractivity contribution in [3.8, 4) is 0 Å². The van der Waals surface area contributed by atoms with Crippen LogP contribution in [0, 0.1) is 0 Å². The van der Waals surface area contributed by atoms with Gasteiger partial charge in [0.15, 0.2) is 17.7 Å². The van der Waals surface area contributed by atoms with Gasteiger partial charge >= 0.3 is 0 Å². The molecule has 0 aromatic carbocycles. The summed E-state index contributed by atoms with van der Waals surface area (Å²) in [6.45, 7) is -0.412. The summed E-state index contributed by atoms with van der Waals surface area (Å²) in [5, 5.41) is 9.33. The molecule has 0 bridgehead atoms. The van der Waals surface area contributed by atoms with Crippen LogP contribution in [0.2, 0.25) is 0 Å². The van der Waals surface area contributed by atoms with Crippen LogP contribution in [0.3, 0.4) is 0 Å². The molecule has 2 aliphatic heterocycles. The molecule has 4 rings (SSSR count). The predicted molar refractivity (Wildman–Crippen MR) is 73.8 cm³/mol. The Morgan fingerprint density at radius 3 is 2.83 bits per heavy atom. The van der Waals surface area contributed by atoms with Gasteiger partial charge in [0.2, 0.25) is 0 Å². The number of nitrogen functional groups attached to an aromatic ring is 1. The first-order valence-electron chi connectivity index (χ1n) is 6.37. The smallest absolute Gasteiger partial charge is 0.268 e. The summed E-state index contributed by atoms with van der Waals surface area (Å²) in [7, 11) is -4.41. The number of hydrogen-bond acceptors (Lipinski definition) is 10. The predicted octanol–water partition coefficient (Wildman–Crippen LogP) is -1.83. The van der Waals surface area contributed by atoms with Crippen LogP contribution in [0.15, 0.2) is 12.7 Å². The Kier molecular flexibility index (Phi) is 4.51. The Balaban J connectivity index is 0.00000156. The standard InChI is InChI=1S/C10H12N5O6P.Na/c11-8-5-9(13-2-12-8)15(3-14-5)10-7-6(4(1-16)19-10)20-22(17,18)21-7;/h2-4,6-7,10,16H,1H2,(H,17,18)(H2,11,12,13);/p-1/t4-,6-,7-,10-;/m1./s1. The maximum absolute atomic E-state index is 11.5. The minimum Gasteiger partial charge on any atom is -0.756 e. The van der Waals surface area contributed by atoms with Gasteiger partial charge in [-0.05, 0) is 0 Å². The number of rotatable bonds is 2. The van der Waals surface area contributed by atoms with Gasteiger partial charge in [-0.25, -0.2) is 15.0 Å². The number of fused-ring (bicyclic) bond motifs is 2. The topological polar surface area (TPSA) is 158 Å². The summed E-state index contributed by atoms with van der Waals surface area (Å²) in [5.74, 6) is 0.190. The quantitative estimate of drug-likeness (QED) is 0.465. The molecule has 2 aromatic heterocycles. The Hall–Kier alpha value is -0.620. The summed E-state index contributed by atoms with van der Waals surface area (Å²) < 4.78 is 28.4. The number of aromatic nitrogens is 4. The second-order valence-corrected chi connectivity index (χ2v) is 6.23. The molecule has 2 aromatic rings. The third-order valence-corrected chi connectivity index (χ3v) is 4.63. The number of nitrogens with two attached hydrogens (primary N) is 1. The van der Waals surface area contributed by atoms with Crippen LogP contribution in [0.5, 0.6) is 0 Å². The molecule has 0 spiro atoms. The van der Waals surface area contributed by atoms with Crippen molar-refractivity contribution in [2.45, 2.75) is 24.5 Å². The average molecular weight is 351 g/mol. The van der Waals surface area contributed by atoms with Gasteiger partial charge in [0.25, 0.3) is 7.82 Å². The van der Waals surface area contributed by atoms with Gasteiger partial charge in [0.05, 0.1) is 12.9 Å². The van der Waals surface area contributed by atoms with E-state index in [4.69, 9.17) is 19.5 Å². The Labute approximate surface area is 151 Å². The maximum Gasteiger partial charge on any atom is 0.268 e. The SMILES string of the molecule is Nc1ncnc2c1ncn2[C@@H]1O[C@H](CO)[C@H]2OP(=O)([O-])O[C@H]21.[Na]. The van der Waals surface area contributed by atoms with Crippen molar-refractivity contribution in [3.63, 3.8) is 0 Å². The molecule has 13 heteroatoms. The van der Waals surface area contributed by atoms with E-state index in [1.807, 2.05) is 0 Å². The Morgan fingerprint density at radius 2 is 2.09 bits per heavy atom. The van der Waals surface area contributed by atoms with Gasteiger partial charge in [0.1, 0.15) is 30.2 Å². The average Bonchev–Trinajstić information content (AvgIpc) is 3.10. The number of phosphoric ester groups is 1. The molecule has 2 aliphatic rings. The van der Waals surface area contributed by atoms with E-state index in [-0.39, 0.29) is 35.4 Å². The van der Waals surface area contributed by atoms with E-state index < -0.39 is 39.0 Å². The normalized spacial score (nSPS) is 36.1. The number of imidazole rings is 1. The van der Waals surface area contributed by atoms with Crippen molar-refractivity contribution in [2.24, 2.45) is 0 Å². The van der Waals surface area contributed by atoms with E-state index in [0.717, 1.165) is 0 Å². The molecule has 5 atom stereocenters. The van der Waals surface area contributed by atoms with Crippen LogP contribution in [-0.2, 0) is 18.3 Å². The third kappa shape index (κ3) is 2.72. The molecule has 119 valence electrons. The number of hydrogen-bond donors (Lipinski definition) is 2. The second-order valence-electron chi connectivity index (χ2n) is 4.92. The van der Waals surface area contributed by atoms with Gasteiger partial charge in [-0.1, -0.05) is 0 Å². The summed E-state index contributed by atoms with van der Waals surface area (Å²) >= 11 is 0. The van der Waals surface area contributed by atoms with Crippen molar-refractivity contribution >= 4 is 54.4 Å². The zero-order chi connectivity index (χ0) is 15.5. The van der Waals surface area contributed by atoms with Crippen LogP contribution < -0.4 is 10.6 Å². The molecule has 11 nitrogen and oxygen atoms in total. The Bertz CT molecular complexity index is 788. The molecule has 0 aliphatic carbocycles. The number of anilines is 1. The maximum atomic E-state index is 11.5. The largest absolute Gasteiger partial charge is 0.756 e. The van der Waals surface area contributed by atoms with E-state index in [1.54, 1.807) is 0 Å². The fraction of sp³-hybridized carbons (Fsp3) is 0.500. The van der Waals surface area contributed by atoms with Crippen LogP contribution >= 0.6 is 7.82 Å². The molecule has 23 heavy (non-hydrogen) atoms. The molecule has 1 unspecified atom stereocenters. The summed E-state index contributed by atoms with van der Waals surface area (Å²) in [5.41, 5.74) is 6.44. The molecular weight excluding hydrogens is 340 g/mol. The summed E-state index contributed by atoms with van der Waals surface area (Å²) in [4.78, 5) is 23.5. The van der Waals surface area contributed by atoms with E-state index >= 15 is 0 Å². The van der Waals surface area contributed by atoms with E-state index in [9.17, 15) is 14.6 Å². The second kappa shape index (κ2) is 6.03. The van der Waals surface area contributed by atoms with Crippen molar-refractivity contribution < 1.29 is 28.3 Å². The number of phosphoric acid groups is 1. The molecule has 0 amide bonds. The first-order chi connectivity index (χ1) is 10.5. The van der Waals surface area contributed by atoms with Crippen molar-refractivity contribution in [3.05, 3.63) is 12.7 Å². The zero-order valence-electron chi connectivity index (χ0n) is 12.0. The Morgan fingerprint density at radius 1 is 1.35 bits per heavy atom. The van der Waals surface area contributed by atoms with Gasteiger partial charge in [-0.15, -0.1) is 0 Å². The molecule has 0 saturated carbocycles. The van der Waals surface area contributed by atoms with E-state index in [0.29, 0.717) is 11.2 Å². The van der Waals surface area contributed by atoms with Gasteiger partial charge in [0, 0.05) is 29.6 Å². The number of ether oxygens (including phenoxy) is 1.